The Bertz CT molecular complexity index is 2480. The van der Waals surface area contributed by atoms with Crippen LogP contribution >= 0.6 is 22.7 Å². The molecule has 4 aliphatic rings. The molecular formula is C40H18F4N4O2S2. The highest BCUT2D eigenvalue weighted by molar-refractivity contribution is 7.23. The number of nitrogens with zero attached hydrogens (tertiary/aromatic N) is 4. The Hall–Kier alpha value is -6.18. The number of carbonyl (C=O) groups excluding carboxylic acids is 2. The lowest BCUT2D eigenvalue weighted by atomic mass is 9.68. The lowest BCUT2D eigenvalue weighted by Gasteiger charge is -2.34. The second-order valence-corrected chi connectivity index (χ2v) is 14.9. The van der Waals surface area contributed by atoms with Gasteiger partial charge in [0.05, 0.1) is 25.3 Å². The maximum Gasteiger partial charge on any atom is 0.270 e. The van der Waals surface area contributed by atoms with Crippen LogP contribution in [-0.4, -0.2) is 11.6 Å². The van der Waals surface area contributed by atoms with Crippen LogP contribution in [0.25, 0.3) is 42.7 Å². The number of nitriles is 2. The Morgan fingerprint density at radius 3 is 1.40 bits per heavy atom. The molecule has 2 aromatic heterocycles. The summed E-state index contributed by atoms with van der Waals surface area (Å²) in [5.74, 6) is -6.12. The van der Waals surface area contributed by atoms with E-state index < -0.39 is 51.6 Å². The highest BCUT2D eigenvalue weighted by Crippen LogP contribution is 2.61. The Balaban J connectivity index is 1.28. The van der Waals surface area contributed by atoms with E-state index in [1.165, 1.54) is 22.7 Å². The van der Waals surface area contributed by atoms with E-state index in [1.54, 1.807) is 24.3 Å². The molecule has 0 N–H and O–H groups in total. The number of ketones is 2. The van der Waals surface area contributed by atoms with E-state index in [4.69, 9.17) is 13.1 Å². The first-order chi connectivity index (χ1) is 25.0. The molecule has 0 atom stereocenters. The van der Waals surface area contributed by atoms with Crippen molar-refractivity contribution >= 4 is 57.5 Å². The second-order valence-electron chi connectivity index (χ2n) is 12.7. The van der Waals surface area contributed by atoms with E-state index in [2.05, 4.69) is 9.69 Å². The molecule has 2 heterocycles. The van der Waals surface area contributed by atoms with Gasteiger partial charge in [0.15, 0.2) is 34.8 Å². The molecule has 1 spiro atoms. The third-order valence-electron chi connectivity index (χ3n) is 10.1. The van der Waals surface area contributed by atoms with Crippen LogP contribution in [-0.2, 0) is 5.41 Å². The Morgan fingerprint density at radius 1 is 0.654 bits per heavy atom. The molecule has 0 unspecified atom stereocenters. The number of allylic oxidation sites excluding steroid dienone is 6. The minimum Gasteiger partial charge on any atom is -0.289 e. The van der Waals surface area contributed by atoms with E-state index in [0.717, 1.165) is 77.3 Å². The molecule has 8 rings (SSSR count). The highest BCUT2D eigenvalue weighted by Gasteiger charge is 2.47. The minimum atomic E-state index is -1.22. The molecule has 0 saturated heterocycles. The minimum absolute atomic E-state index is 0.0124. The smallest absolute Gasteiger partial charge is 0.270 e. The van der Waals surface area contributed by atoms with Crippen molar-refractivity contribution in [3.8, 4) is 21.9 Å². The summed E-state index contributed by atoms with van der Waals surface area (Å²) in [4.78, 5) is 36.9. The number of rotatable bonds is 2. The molecule has 0 radical (unpaired) electrons. The Kier molecular flexibility index (Phi) is 7.59. The summed E-state index contributed by atoms with van der Waals surface area (Å²) in [7, 11) is 0. The van der Waals surface area contributed by atoms with Crippen molar-refractivity contribution in [2.75, 3.05) is 0 Å². The zero-order valence-electron chi connectivity index (χ0n) is 26.6. The first-order valence-corrected chi connectivity index (χ1v) is 17.5. The van der Waals surface area contributed by atoms with Crippen LogP contribution in [0.15, 0.2) is 58.9 Å². The molecular weight excluding hydrogens is 709 g/mol. The van der Waals surface area contributed by atoms with Gasteiger partial charge in [-0.15, -0.1) is 22.7 Å². The topological polar surface area (TPSA) is 90.4 Å². The van der Waals surface area contributed by atoms with E-state index in [-0.39, 0.29) is 44.5 Å². The number of hydrogen-bond donors (Lipinski definition) is 0. The van der Waals surface area contributed by atoms with E-state index >= 15 is 0 Å². The standard InChI is InChI=1S/C40H18F4N4O2S2/c1-47-32(16-45)34-20-12-28(41)30(43)14-22(20)36(49)24(34)8-18-10-26-38(51-18)39-27(40(26)6-4-3-5-7-40)11-19(52-39)9-25-35(33(17-46)48-2)21-13-29(42)31(44)15-23(21)37(25)50/h8-15H,3-7H2/b24-8-,25-9-,34-32+,35-33?. The van der Waals surface area contributed by atoms with Crippen LogP contribution in [0.1, 0.15) is 84.8 Å². The van der Waals surface area contributed by atoms with Crippen LogP contribution in [0, 0.1) is 59.1 Å². The number of fused-ring (bicyclic) bond motifs is 7. The van der Waals surface area contributed by atoms with Crippen LogP contribution in [0.3, 0.4) is 0 Å². The van der Waals surface area contributed by atoms with Crippen LogP contribution in [0.2, 0.25) is 0 Å². The number of hydrogen-bond acceptors (Lipinski definition) is 6. The van der Waals surface area contributed by atoms with Crippen LogP contribution in [0.4, 0.5) is 17.6 Å². The van der Waals surface area contributed by atoms with E-state index in [9.17, 15) is 37.7 Å². The number of Topliss-reactive ketones (excluding diaryl/α,β-unsaturated/α-hetero) is 2. The van der Waals surface area contributed by atoms with Gasteiger partial charge in [0.2, 0.25) is 0 Å². The largest absolute Gasteiger partial charge is 0.289 e. The molecule has 0 aliphatic heterocycles. The van der Waals surface area contributed by atoms with Crippen LogP contribution in [0.5, 0.6) is 0 Å². The number of thiophene rings is 2. The van der Waals surface area contributed by atoms with Gasteiger partial charge >= 0.3 is 0 Å². The monoisotopic (exact) mass is 726 g/mol. The average Bonchev–Trinajstić information content (AvgIpc) is 3.91. The van der Waals surface area contributed by atoms with E-state index in [0.29, 0.717) is 9.75 Å². The first-order valence-electron chi connectivity index (χ1n) is 15.9. The number of benzene rings is 2. The maximum atomic E-state index is 14.3. The van der Waals surface area contributed by atoms with Crippen molar-refractivity contribution in [2.24, 2.45) is 0 Å². The van der Waals surface area contributed by atoms with Crippen molar-refractivity contribution < 1.29 is 27.2 Å². The van der Waals surface area contributed by atoms with Gasteiger partial charge in [-0.2, -0.15) is 0 Å². The predicted octanol–water partition coefficient (Wildman–Crippen LogP) is 10.5. The van der Waals surface area contributed by atoms with Crippen molar-refractivity contribution in [3.63, 3.8) is 0 Å². The lowest BCUT2D eigenvalue weighted by Crippen LogP contribution is -2.27. The highest BCUT2D eigenvalue weighted by atomic mass is 32.1. The number of carbonyl (C=O) groups is 2. The third kappa shape index (κ3) is 4.62. The van der Waals surface area contributed by atoms with Crippen molar-refractivity contribution in [3.05, 3.63) is 148 Å². The molecule has 12 heteroatoms. The van der Waals surface area contributed by atoms with Gasteiger partial charge in [-0.25, -0.2) is 37.8 Å². The molecule has 4 aliphatic carbocycles. The summed E-state index contributed by atoms with van der Waals surface area (Å²) in [6.45, 7) is 15.1. The van der Waals surface area contributed by atoms with Gasteiger partial charge < -0.3 is 0 Å². The Labute approximate surface area is 301 Å². The summed E-state index contributed by atoms with van der Waals surface area (Å²) in [6, 6.07) is 10.8. The van der Waals surface area contributed by atoms with Crippen molar-refractivity contribution in [2.45, 2.75) is 37.5 Å². The molecule has 2 aromatic carbocycles. The molecule has 250 valence electrons. The molecule has 6 nitrogen and oxygen atoms in total. The van der Waals surface area contributed by atoms with Gasteiger partial charge in [0.25, 0.3) is 11.4 Å². The summed E-state index contributed by atoms with van der Waals surface area (Å²) < 4.78 is 57.1. The normalized spacial score (nSPS) is 19.8. The zero-order chi connectivity index (χ0) is 36.6. The second kappa shape index (κ2) is 12.0. The predicted molar refractivity (Wildman–Crippen MR) is 187 cm³/mol. The summed E-state index contributed by atoms with van der Waals surface area (Å²) >= 11 is 2.77. The van der Waals surface area contributed by atoms with Crippen molar-refractivity contribution in [1.29, 1.82) is 10.5 Å². The summed E-state index contributed by atoms with van der Waals surface area (Å²) in [5, 5.41) is 19.5. The molecule has 4 aromatic rings. The van der Waals surface area contributed by atoms with Crippen LogP contribution < -0.4 is 0 Å². The molecule has 1 fully saturated rings. The first kappa shape index (κ1) is 33.0. The average molecular weight is 727 g/mol. The van der Waals surface area contributed by atoms with Gasteiger partial charge in [-0.3, -0.25) is 9.59 Å². The lowest BCUT2D eigenvalue weighted by molar-refractivity contribution is 0.103. The fraction of sp³-hybridized carbons (Fsp3) is 0.150. The molecule has 0 bridgehead atoms. The summed E-state index contributed by atoms with van der Waals surface area (Å²) in [5.41, 5.74) is 0.430. The quantitative estimate of drug-likeness (QED) is 0.0890. The number of halogens is 4. The van der Waals surface area contributed by atoms with Crippen molar-refractivity contribution in [1.82, 2.24) is 0 Å². The molecule has 52 heavy (non-hydrogen) atoms. The SMILES string of the molecule is [C-]#[N+]C(C#N)=C1/C(=C/c2cc3c(s2)-c2sc(/C=C4\C(=O)c5cc(F)c(F)cc5\C4=C(\C#N)[N+]#[C-])cc2C32CCCCC2)C(=O)c2cc(F)c(F)cc21. The summed E-state index contributed by atoms with van der Waals surface area (Å²) in [6.07, 6.45) is 7.69. The third-order valence-corrected chi connectivity index (χ3v) is 12.4. The zero-order valence-corrected chi connectivity index (χ0v) is 28.2. The van der Waals surface area contributed by atoms with Gasteiger partial charge in [-0.1, -0.05) is 19.3 Å². The van der Waals surface area contributed by atoms with Gasteiger partial charge in [0, 0.05) is 58.3 Å². The van der Waals surface area contributed by atoms with Gasteiger partial charge in [-0.05, 0) is 83.6 Å². The molecule has 0 amide bonds. The fourth-order valence-electron chi connectivity index (χ4n) is 7.88. The molecule has 1 saturated carbocycles. The van der Waals surface area contributed by atoms with E-state index in [1.807, 2.05) is 12.1 Å². The van der Waals surface area contributed by atoms with Gasteiger partial charge in [0.1, 0.15) is 0 Å². The maximum absolute atomic E-state index is 14.3. The fourth-order valence-corrected chi connectivity index (χ4v) is 10.4. The Morgan fingerprint density at radius 2 is 1.04 bits per heavy atom.